The molecule has 3 heteroatoms. The summed E-state index contributed by atoms with van der Waals surface area (Å²) in [4.78, 5) is 3.47. The lowest BCUT2D eigenvalue weighted by atomic mass is 10.1. The predicted molar refractivity (Wildman–Crippen MR) is 101 cm³/mol. The van der Waals surface area contributed by atoms with Crippen LogP contribution in [0.1, 0.15) is 5.56 Å². The molecule has 25 heavy (non-hydrogen) atoms. The largest absolute Gasteiger partial charge is 0.493 e. The molecule has 0 bridgehead atoms. The van der Waals surface area contributed by atoms with Gasteiger partial charge in [-0.3, -0.25) is 0 Å². The van der Waals surface area contributed by atoms with Crippen molar-refractivity contribution in [2.45, 2.75) is 6.61 Å². The molecule has 1 aromatic heterocycles. The third-order valence-corrected chi connectivity index (χ3v) is 4.25. The maximum absolute atomic E-state index is 6.13. The summed E-state index contributed by atoms with van der Waals surface area (Å²) in [6.45, 7) is 0.502. The Morgan fingerprint density at radius 2 is 1.56 bits per heavy atom. The van der Waals surface area contributed by atoms with E-state index >= 15 is 0 Å². The summed E-state index contributed by atoms with van der Waals surface area (Å²) in [6, 6.07) is 26.5. The molecule has 0 saturated heterocycles. The SMILES string of the molecule is COc1ccc2[nH]c(-c3ccccc3)cc2c1OCc1ccccc1. The van der Waals surface area contributed by atoms with E-state index in [4.69, 9.17) is 9.47 Å². The van der Waals surface area contributed by atoms with Gasteiger partial charge in [-0.25, -0.2) is 0 Å². The van der Waals surface area contributed by atoms with Crippen LogP contribution >= 0.6 is 0 Å². The summed E-state index contributed by atoms with van der Waals surface area (Å²) in [7, 11) is 1.67. The average Bonchev–Trinajstić information content (AvgIpc) is 3.12. The van der Waals surface area contributed by atoms with Crippen LogP contribution < -0.4 is 9.47 Å². The topological polar surface area (TPSA) is 34.2 Å². The van der Waals surface area contributed by atoms with Crippen LogP contribution in [-0.2, 0) is 6.61 Å². The molecule has 4 rings (SSSR count). The highest BCUT2D eigenvalue weighted by Gasteiger charge is 2.13. The number of fused-ring (bicyclic) bond motifs is 1. The summed E-state index contributed by atoms with van der Waals surface area (Å²) < 4.78 is 11.6. The molecule has 4 aromatic rings. The first-order chi connectivity index (χ1) is 12.3. The minimum atomic E-state index is 0.502. The second-order valence-electron chi connectivity index (χ2n) is 5.88. The average molecular weight is 329 g/mol. The standard InChI is InChI=1S/C22H19NO2/c1-24-21-13-12-19-18(14-20(23-19)17-10-6-3-7-11-17)22(21)25-15-16-8-4-2-5-9-16/h2-14,23H,15H2,1H3. The first-order valence-corrected chi connectivity index (χ1v) is 8.27. The fourth-order valence-electron chi connectivity index (χ4n) is 2.97. The van der Waals surface area contributed by atoms with Crippen LogP contribution in [0.4, 0.5) is 0 Å². The fourth-order valence-corrected chi connectivity index (χ4v) is 2.97. The van der Waals surface area contributed by atoms with Gasteiger partial charge in [0, 0.05) is 16.6 Å². The Bertz CT molecular complexity index is 975. The summed E-state index contributed by atoms with van der Waals surface area (Å²) >= 11 is 0. The van der Waals surface area contributed by atoms with Crippen molar-refractivity contribution < 1.29 is 9.47 Å². The lowest BCUT2D eigenvalue weighted by Crippen LogP contribution is -1.97. The van der Waals surface area contributed by atoms with Crippen LogP contribution in [0.25, 0.3) is 22.2 Å². The lowest BCUT2D eigenvalue weighted by molar-refractivity contribution is 0.288. The van der Waals surface area contributed by atoms with Gasteiger partial charge in [-0.05, 0) is 29.3 Å². The van der Waals surface area contributed by atoms with E-state index in [1.807, 2.05) is 48.5 Å². The molecule has 124 valence electrons. The maximum atomic E-state index is 6.13. The molecule has 3 aromatic carbocycles. The molecular weight excluding hydrogens is 310 g/mol. The van der Waals surface area contributed by atoms with Crippen molar-refractivity contribution in [3.05, 3.63) is 84.4 Å². The molecule has 3 nitrogen and oxygen atoms in total. The quantitative estimate of drug-likeness (QED) is 0.530. The molecule has 0 radical (unpaired) electrons. The molecule has 0 atom stereocenters. The van der Waals surface area contributed by atoms with E-state index in [-0.39, 0.29) is 0 Å². The van der Waals surface area contributed by atoms with Crippen LogP contribution in [0.5, 0.6) is 11.5 Å². The molecule has 1 heterocycles. The zero-order valence-corrected chi connectivity index (χ0v) is 14.0. The van der Waals surface area contributed by atoms with E-state index < -0.39 is 0 Å². The number of nitrogens with one attached hydrogen (secondary N) is 1. The lowest BCUT2D eigenvalue weighted by Gasteiger charge is -2.12. The number of hydrogen-bond acceptors (Lipinski definition) is 2. The number of benzene rings is 3. The predicted octanol–water partition coefficient (Wildman–Crippen LogP) is 5.42. The first-order valence-electron chi connectivity index (χ1n) is 8.27. The number of H-pyrrole nitrogens is 1. The minimum Gasteiger partial charge on any atom is -0.493 e. The van der Waals surface area contributed by atoms with Crippen molar-refractivity contribution in [3.63, 3.8) is 0 Å². The first kappa shape index (κ1) is 15.3. The van der Waals surface area contributed by atoms with Gasteiger partial charge in [-0.1, -0.05) is 60.7 Å². The molecular formula is C22H19NO2. The normalized spacial score (nSPS) is 10.8. The number of rotatable bonds is 5. The van der Waals surface area contributed by atoms with E-state index in [0.717, 1.165) is 39.2 Å². The highest BCUT2D eigenvalue weighted by molar-refractivity contribution is 5.93. The number of ether oxygens (including phenoxy) is 2. The van der Waals surface area contributed by atoms with E-state index in [0.29, 0.717) is 6.61 Å². The highest BCUT2D eigenvalue weighted by Crippen LogP contribution is 2.38. The van der Waals surface area contributed by atoms with Crippen LogP contribution in [0, 0.1) is 0 Å². The third-order valence-electron chi connectivity index (χ3n) is 4.25. The van der Waals surface area contributed by atoms with Crippen molar-refractivity contribution in [2.75, 3.05) is 7.11 Å². The van der Waals surface area contributed by atoms with Gasteiger partial charge in [-0.15, -0.1) is 0 Å². The summed E-state index contributed by atoms with van der Waals surface area (Å²) in [5.74, 6) is 1.50. The molecule has 0 amide bonds. The fraction of sp³-hybridized carbons (Fsp3) is 0.0909. The van der Waals surface area contributed by atoms with Crippen molar-refractivity contribution in [1.82, 2.24) is 4.98 Å². The van der Waals surface area contributed by atoms with Crippen LogP contribution in [-0.4, -0.2) is 12.1 Å². The Morgan fingerprint density at radius 3 is 2.28 bits per heavy atom. The van der Waals surface area contributed by atoms with Crippen molar-refractivity contribution in [2.24, 2.45) is 0 Å². The minimum absolute atomic E-state index is 0.502. The second kappa shape index (κ2) is 6.73. The Hall–Kier alpha value is -3.20. The Morgan fingerprint density at radius 1 is 0.840 bits per heavy atom. The van der Waals surface area contributed by atoms with Gasteiger partial charge in [0.1, 0.15) is 6.61 Å². The number of methoxy groups -OCH3 is 1. The zero-order chi connectivity index (χ0) is 17.1. The van der Waals surface area contributed by atoms with Gasteiger partial charge in [-0.2, -0.15) is 0 Å². The van der Waals surface area contributed by atoms with Crippen molar-refractivity contribution in [1.29, 1.82) is 0 Å². The van der Waals surface area contributed by atoms with Gasteiger partial charge in [0.2, 0.25) is 0 Å². The van der Waals surface area contributed by atoms with Gasteiger partial charge in [0.15, 0.2) is 11.5 Å². The number of hydrogen-bond donors (Lipinski definition) is 1. The number of aromatic nitrogens is 1. The van der Waals surface area contributed by atoms with Crippen LogP contribution in [0.15, 0.2) is 78.9 Å². The monoisotopic (exact) mass is 329 g/mol. The van der Waals surface area contributed by atoms with Crippen LogP contribution in [0.2, 0.25) is 0 Å². The maximum Gasteiger partial charge on any atom is 0.171 e. The molecule has 0 fully saturated rings. The van der Waals surface area contributed by atoms with Gasteiger partial charge in [0.25, 0.3) is 0 Å². The summed E-state index contributed by atoms with van der Waals surface area (Å²) in [6.07, 6.45) is 0. The third kappa shape index (κ3) is 3.09. The Kier molecular flexibility index (Phi) is 4.13. The highest BCUT2D eigenvalue weighted by atomic mass is 16.5. The molecule has 0 unspecified atom stereocenters. The Balaban J connectivity index is 1.74. The summed E-state index contributed by atoms with van der Waals surface area (Å²) in [5, 5.41) is 1.02. The Labute approximate surface area is 146 Å². The van der Waals surface area contributed by atoms with Gasteiger partial charge >= 0.3 is 0 Å². The summed E-state index contributed by atoms with van der Waals surface area (Å²) in [5.41, 5.74) is 4.36. The van der Waals surface area contributed by atoms with Gasteiger partial charge in [0.05, 0.1) is 7.11 Å². The van der Waals surface area contributed by atoms with Gasteiger partial charge < -0.3 is 14.5 Å². The van der Waals surface area contributed by atoms with E-state index in [2.05, 4.69) is 35.3 Å². The second-order valence-corrected chi connectivity index (χ2v) is 5.88. The molecule has 0 aliphatic rings. The van der Waals surface area contributed by atoms with E-state index in [1.54, 1.807) is 7.11 Å². The molecule has 0 aliphatic heterocycles. The van der Waals surface area contributed by atoms with Crippen molar-refractivity contribution >= 4 is 10.9 Å². The van der Waals surface area contributed by atoms with Crippen LogP contribution in [0.3, 0.4) is 0 Å². The van der Waals surface area contributed by atoms with E-state index in [1.165, 1.54) is 0 Å². The zero-order valence-electron chi connectivity index (χ0n) is 14.0. The molecule has 0 saturated carbocycles. The number of aromatic amines is 1. The molecule has 0 spiro atoms. The molecule has 0 aliphatic carbocycles. The smallest absolute Gasteiger partial charge is 0.171 e. The van der Waals surface area contributed by atoms with Crippen molar-refractivity contribution in [3.8, 4) is 22.8 Å². The van der Waals surface area contributed by atoms with E-state index in [9.17, 15) is 0 Å². The molecule has 1 N–H and O–H groups in total.